The molecule has 1 aromatic carbocycles. The Hall–Kier alpha value is -1.10. The minimum atomic E-state index is -0.445. The van der Waals surface area contributed by atoms with Gasteiger partial charge in [0.2, 0.25) is 0 Å². The molecular weight excluding hydrogens is 242 g/mol. The van der Waals surface area contributed by atoms with Gasteiger partial charge in [-0.25, -0.2) is 0 Å². The van der Waals surface area contributed by atoms with Gasteiger partial charge in [-0.15, -0.1) is 0 Å². The molecule has 0 aromatic heterocycles. The topological polar surface area (TPSA) is 39.7 Å². The fourth-order valence-electron chi connectivity index (χ4n) is 2.69. The quantitative estimate of drug-likeness (QED) is 0.908. The molecule has 2 heterocycles. The lowest BCUT2D eigenvalue weighted by Crippen LogP contribution is -2.35. The summed E-state index contributed by atoms with van der Waals surface area (Å²) >= 11 is 0. The summed E-state index contributed by atoms with van der Waals surface area (Å²) in [5, 5.41) is 3.57. The van der Waals surface area contributed by atoms with Crippen LogP contribution < -0.4 is 10.1 Å². The number of benzene rings is 1. The summed E-state index contributed by atoms with van der Waals surface area (Å²) in [6.07, 6.45) is 1.12. The van der Waals surface area contributed by atoms with Crippen LogP contribution in [0.1, 0.15) is 31.9 Å². The van der Waals surface area contributed by atoms with Crippen molar-refractivity contribution in [1.82, 2.24) is 5.32 Å². The van der Waals surface area contributed by atoms with Gasteiger partial charge in [-0.2, -0.15) is 0 Å². The molecule has 0 bridgehead atoms. The third-order valence-corrected chi connectivity index (χ3v) is 3.62. The number of hydrogen-bond acceptors (Lipinski definition) is 4. The van der Waals surface area contributed by atoms with Gasteiger partial charge < -0.3 is 19.5 Å². The number of para-hydroxylation sites is 1. The highest BCUT2D eigenvalue weighted by atomic mass is 16.7. The molecule has 104 valence electrons. The first-order chi connectivity index (χ1) is 9.14. The van der Waals surface area contributed by atoms with Crippen molar-refractivity contribution in [3.05, 3.63) is 29.8 Å². The van der Waals surface area contributed by atoms with Gasteiger partial charge in [0.25, 0.3) is 0 Å². The van der Waals surface area contributed by atoms with E-state index in [2.05, 4.69) is 17.4 Å². The molecule has 0 amide bonds. The van der Waals surface area contributed by atoms with Crippen LogP contribution in [0.25, 0.3) is 0 Å². The Morgan fingerprint density at radius 2 is 2.16 bits per heavy atom. The summed E-state index contributed by atoms with van der Waals surface area (Å²) < 4.78 is 17.0. The van der Waals surface area contributed by atoms with E-state index in [9.17, 15) is 0 Å². The fourth-order valence-corrected chi connectivity index (χ4v) is 2.69. The van der Waals surface area contributed by atoms with Crippen molar-refractivity contribution in [3.8, 4) is 5.75 Å². The normalized spacial score (nSPS) is 28.7. The van der Waals surface area contributed by atoms with Crippen LogP contribution in [-0.4, -0.2) is 31.6 Å². The second-order valence-corrected chi connectivity index (χ2v) is 5.59. The molecule has 0 radical (unpaired) electrons. The third-order valence-electron chi connectivity index (χ3n) is 3.62. The smallest absolute Gasteiger partial charge is 0.163 e. The highest BCUT2D eigenvalue weighted by Gasteiger charge is 2.33. The van der Waals surface area contributed by atoms with Crippen molar-refractivity contribution >= 4 is 0 Å². The summed E-state index contributed by atoms with van der Waals surface area (Å²) in [4.78, 5) is 0. The number of nitrogens with one attached hydrogen (secondary N) is 1. The second kappa shape index (κ2) is 5.12. The number of fused-ring (bicyclic) bond motifs is 1. The standard InChI is InChI=1S/C15H21NO3/c1-15(2)18-10-11(19-15)9-16-13-7-8-17-14-6-4-3-5-12(13)14/h3-6,11,13,16H,7-10H2,1-2H3. The molecule has 4 nitrogen and oxygen atoms in total. The molecule has 1 saturated heterocycles. The summed E-state index contributed by atoms with van der Waals surface area (Å²) in [5.41, 5.74) is 1.24. The molecule has 2 atom stereocenters. The largest absolute Gasteiger partial charge is 0.493 e. The molecule has 0 saturated carbocycles. The Kier molecular flexibility index (Phi) is 3.48. The van der Waals surface area contributed by atoms with Gasteiger partial charge in [0.15, 0.2) is 5.79 Å². The molecule has 0 aliphatic carbocycles. The lowest BCUT2D eigenvalue weighted by atomic mass is 10.0. The minimum absolute atomic E-state index is 0.130. The molecule has 2 unspecified atom stereocenters. The first kappa shape index (κ1) is 12.9. The van der Waals surface area contributed by atoms with Crippen molar-refractivity contribution < 1.29 is 14.2 Å². The Labute approximate surface area is 114 Å². The molecule has 1 aromatic rings. The average molecular weight is 263 g/mol. The van der Waals surface area contributed by atoms with Gasteiger partial charge in [0, 0.05) is 24.6 Å². The van der Waals surface area contributed by atoms with Crippen molar-refractivity contribution in [3.63, 3.8) is 0 Å². The Morgan fingerprint density at radius 3 is 2.95 bits per heavy atom. The minimum Gasteiger partial charge on any atom is -0.493 e. The molecule has 2 aliphatic rings. The van der Waals surface area contributed by atoms with Crippen molar-refractivity contribution in [2.45, 2.75) is 38.2 Å². The average Bonchev–Trinajstić information content (AvgIpc) is 2.76. The highest BCUT2D eigenvalue weighted by Crippen LogP contribution is 2.31. The van der Waals surface area contributed by atoms with Gasteiger partial charge >= 0.3 is 0 Å². The third kappa shape index (κ3) is 2.91. The van der Waals surface area contributed by atoms with Gasteiger partial charge in [-0.3, -0.25) is 0 Å². The molecule has 2 aliphatic heterocycles. The number of hydrogen-bond donors (Lipinski definition) is 1. The molecule has 0 spiro atoms. The van der Waals surface area contributed by atoms with E-state index in [-0.39, 0.29) is 6.10 Å². The van der Waals surface area contributed by atoms with Crippen molar-refractivity contribution in [2.75, 3.05) is 19.8 Å². The van der Waals surface area contributed by atoms with Crippen LogP contribution in [0.15, 0.2) is 24.3 Å². The zero-order valence-corrected chi connectivity index (χ0v) is 11.5. The van der Waals surface area contributed by atoms with E-state index < -0.39 is 5.79 Å². The number of ether oxygens (including phenoxy) is 3. The molecule has 1 N–H and O–H groups in total. The predicted molar refractivity (Wildman–Crippen MR) is 72.2 cm³/mol. The Morgan fingerprint density at radius 1 is 1.32 bits per heavy atom. The van der Waals surface area contributed by atoms with Gasteiger partial charge in [-0.05, 0) is 19.9 Å². The molecular formula is C15H21NO3. The molecule has 4 heteroatoms. The van der Waals surface area contributed by atoms with Crippen molar-refractivity contribution in [1.29, 1.82) is 0 Å². The van der Waals surface area contributed by atoms with E-state index in [4.69, 9.17) is 14.2 Å². The van der Waals surface area contributed by atoms with E-state index >= 15 is 0 Å². The Balaban J connectivity index is 1.60. The van der Waals surface area contributed by atoms with Gasteiger partial charge in [0.05, 0.1) is 19.3 Å². The van der Waals surface area contributed by atoms with E-state index in [1.807, 2.05) is 26.0 Å². The van der Waals surface area contributed by atoms with Crippen LogP contribution in [0.4, 0.5) is 0 Å². The second-order valence-electron chi connectivity index (χ2n) is 5.59. The predicted octanol–water partition coefficient (Wildman–Crippen LogP) is 2.25. The van der Waals surface area contributed by atoms with E-state index in [0.29, 0.717) is 12.6 Å². The summed E-state index contributed by atoms with van der Waals surface area (Å²) in [6.45, 7) is 6.14. The monoisotopic (exact) mass is 263 g/mol. The Bertz CT molecular complexity index is 447. The maximum Gasteiger partial charge on any atom is 0.163 e. The number of rotatable bonds is 3. The lowest BCUT2D eigenvalue weighted by Gasteiger charge is -2.27. The van der Waals surface area contributed by atoms with Crippen LogP contribution in [0.3, 0.4) is 0 Å². The van der Waals surface area contributed by atoms with Crippen molar-refractivity contribution in [2.24, 2.45) is 0 Å². The van der Waals surface area contributed by atoms with Gasteiger partial charge in [0.1, 0.15) is 5.75 Å². The zero-order chi connectivity index (χ0) is 13.3. The summed E-state index contributed by atoms with van der Waals surface area (Å²) in [5.74, 6) is 0.551. The highest BCUT2D eigenvalue weighted by molar-refractivity contribution is 5.37. The van der Waals surface area contributed by atoms with Crippen LogP contribution in [0, 0.1) is 0 Å². The van der Waals surface area contributed by atoms with Crippen LogP contribution >= 0.6 is 0 Å². The first-order valence-electron chi connectivity index (χ1n) is 6.91. The maximum absolute atomic E-state index is 5.81. The summed E-state index contributed by atoms with van der Waals surface area (Å²) in [7, 11) is 0. The van der Waals surface area contributed by atoms with Gasteiger partial charge in [-0.1, -0.05) is 18.2 Å². The molecule has 19 heavy (non-hydrogen) atoms. The van der Waals surface area contributed by atoms with Crippen LogP contribution in [-0.2, 0) is 9.47 Å². The van der Waals surface area contributed by atoms with Crippen LogP contribution in [0.2, 0.25) is 0 Å². The van der Waals surface area contributed by atoms with E-state index in [1.165, 1.54) is 5.56 Å². The fraction of sp³-hybridized carbons (Fsp3) is 0.600. The molecule has 3 rings (SSSR count). The maximum atomic E-state index is 5.81. The lowest BCUT2D eigenvalue weighted by molar-refractivity contribution is -0.137. The molecule has 1 fully saturated rings. The SMILES string of the molecule is CC1(C)OCC(CNC2CCOc3ccccc32)O1. The first-order valence-corrected chi connectivity index (χ1v) is 6.91. The zero-order valence-electron chi connectivity index (χ0n) is 11.5. The summed E-state index contributed by atoms with van der Waals surface area (Å²) in [6, 6.07) is 8.57. The van der Waals surface area contributed by atoms with E-state index in [1.54, 1.807) is 0 Å². The van der Waals surface area contributed by atoms with Crippen LogP contribution in [0.5, 0.6) is 5.75 Å². The van der Waals surface area contributed by atoms with E-state index in [0.717, 1.165) is 25.3 Å².